The Bertz CT molecular complexity index is 397. The Morgan fingerprint density at radius 2 is 1.90 bits per heavy atom. The lowest BCUT2D eigenvalue weighted by atomic mass is 9.93. The number of nitrogens with two attached hydrogens (primary N) is 1. The molecule has 1 amide bonds. The average Bonchev–Trinajstić information content (AvgIpc) is 2.41. The molecule has 0 bridgehead atoms. The summed E-state index contributed by atoms with van der Waals surface area (Å²) in [5, 5.41) is 12.5. The summed E-state index contributed by atoms with van der Waals surface area (Å²) in [7, 11) is 0. The molecule has 0 radical (unpaired) electrons. The van der Waals surface area contributed by atoms with Crippen molar-refractivity contribution >= 4 is 18.3 Å². The zero-order chi connectivity index (χ0) is 15.0. The van der Waals surface area contributed by atoms with Gasteiger partial charge in [0.05, 0.1) is 6.10 Å². The quantitative estimate of drug-likeness (QED) is 0.688. The van der Waals surface area contributed by atoms with Crippen LogP contribution in [0.3, 0.4) is 0 Å². The topological polar surface area (TPSA) is 75.4 Å². The van der Waals surface area contributed by atoms with Gasteiger partial charge in [-0.1, -0.05) is 30.3 Å². The predicted octanol–water partition coefficient (Wildman–Crippen LogP) is 2.21. The third-order valence-corrected chi connectivity index (χ3v) is 3.27. The Kier molecular flexibility index (Phi) is 10.0. The van der Waals surface area contributed by atoms with E-state index < -0.39 is 0 Å². The molecule has 0 fully saturated rings. The molecule has 1 aromatic carbocycles. The number of halogens is 1. The van der Waals surface area contributed by atoms with Crippen molar-refractivity contribution in [3.05, 3.63) is 35.9 Å². The van der Waals surface area contributed by atoms with Crippen molar-refractivity contribution in [2.24, 2.45) is 5.73 Å². The van der Waals surface area contributed by atoms with E-state index in [1.54, 1.807) is 6.92 Å². The van der Waals surface area contributed by atoms with Gasteiger partial charge in [-0.05, 0) is 32.3 Å². The molecule has 0 saturated heterocycles. The summed E-state index contributed by atoms with van der Waals surface area (Å²) < 4.78 is 0. The number of carbonyl (C=O) groups is 1. The maximum absolute atomic E-state index is 11.7. The van der Waals surface area contributed by atoms with Crippen molar-refractivity contribution < 1.29 is 9.90 Å². The molecular formula is C16H27ClN2O2. The minimum absolute atomic E-state index is 0. The van der Waals surface area contributed by atoms with Crippen molar-refractivity contribution in [2.45, 2.75) is 51.2 Å². The Balaban J connectivity index is 0.00000400. The maximum atomic E-state index is 11.7. The number of rotatable bonds is 8. The van der Waals surface area contributed by atoms with Crippen LogP contribution in [0.4, 0.5) is 0 Å². The molecule has 0 aromatic heterocycles. The molecule has 0 spiro atoms. The Hall–Kier alpha value is -1.10. The number of benzene rings is 1. The van der Waals surface area contributed by atoms with E-state index in [0.717, 1.165) is 5.56 Å². The summed E-state index contributed by atoms with van der Waals surface area (Å²) in [6.07, 6.45) is 1.39. The van der Waals surface area contributed by atoms with E-state index in [1.807, 2.05) is 37.3 Å². The molecule has 4 N–H and O–H groups in total. The summed E-state index contributed by atoms with van der Waals surface area (Å²) in [5.41, 5.74) is 6.78. The first-order chi connectivity index (χ1) is 9.49. The summed E-state index contributed by atoms with van der Waals surface area (Å²) in [6, 6.07) is 10.0. The van der Waals surface area contributed by atoms with Crippen LogP contribution < -0.4 is 11.1 Å². The summed E-state index contributed by atoms with van der Waals surface area (Å²) in [6.45, 7) is 4.22. The van der Waals surface area contributed by atoms with E-state index in [1.165, 1.54) is 0 Å². The molecule has 0 heterocycles. The van der Waals surface area contributed by atoms with Gasteiger partial charge in [0.2, 0.25) is 5.91 Å². The second-order valence-electron chi connectivity index (χ2n) is 5.51. The van der Waals surface area contributed by atoms with Gasteiger partial charge in [-0.2, -0.15) is 0 Å². The lowest BCUT2D eigenvalue weighted by molar-refractivity contribution is -0.121. The van der Waals surface area contributed by atoms with Gasteiger partial charge in [0, 0.05) is 24.9 Å². The Morgan fingerprint density at radius 1 is 1.29 bits per heavy atom. The molecule has 0 aliphatic heterocycles. The standard InChI is InChI=1S/C16H26N2O2.ClH/c1-12(17)8-9-16(20)18-11-15(10-13(2)19)14-6-4-3-5-7-14;/h3-7,12-13,15,19H,8-11,17H2,1-2H3,(H,18,20);1H. The van der Waals surface area contributed by atoms with Gasteiger partial charge in [0.15, 0.2) is 0 Å². The molecule has 3 unspecified atom stereocenters. The van der Waals surface area contributed by atoms with Gasteiger partial charge in [-0.3, -0.25) is 4.79 Å². The third kappa shape index (κ3) is 8.71. The third-order valence-electron chi connectivity index (χ3n) is 3.27. The van der Waals surface area contributed by atoms with E-state index in [-0.39, 0.29) is 36.4 Å². The lowest BCUT2D eigenvalue weighted by Crippen LogP contribution is -2.30. The summed E-state index contributed by atoms with van der Waals surface area (Å²) in [4.78, 5) is 11.7. The normalized spacial score (nSPS) is 14.7. The van der Waals surface area contributed by atoms with Crippen molar-refractivity contribution in [3.8, 4) is 0 Å². The maximum Gasteiger partial charge on any atom is 0.220 e. The molecule has 0 aliphatic carbocycles. The number of carbonyl (C=O) groups excluding carboxylic acids is 1. The molecule has 5 heteroatoms. The van der Waals surface area contributed by atoms with Crippen molar-refractivity contribution in [2.75, 3.05) is 6.54 Å². The smallest absolute Gasteiger partial charge is 0.220 e. The van der Waals surface area contributed by atoms with E-state index in [2.05, 4.69) is 5.32 Å². The summed E-state index contributed by atoms with van der Waals surface area (Å²) in [5.74, 6) is 0.157. The fourth-order valence-electron chi connectivity index (χ4n) is 2.16. The largest absolute Gasteiger partial charge is 0.393 e. The second kappa shape index (κ2) is 10.6. The van der Waals surface area contributed by atoms with Crippen LogP contribution in [0, 0.1) is 0 Å². The Morgan fingerprint density at radius 3 is 2.43 bits per heavy atom. The number of nitrogens with one attached hydrogen (secondary N) is 1. The highest BCUT2D eigenvalue weighted by Gasteiger charge is 2.15. The van der Waals surface area contributed by atoms with Crippen molar-refractivity contribution in [1.82, 2.24) is 5.32 Å². The number of hydrogen-bond acceptors (Lipinski definition) is 3. The van der Waals surface area contributed by atoms with Gasteiger partial charge in [0.1, 0.15) is 0 Å². The van der Waals surface area contributed by atoms with Crippen LogP contribution in [0.15, 0.2) is 30.3 Å². The Labute approximate surface area is 133 Å². The number of hydrogen-bond donors (Lipinski definition) is 3. The zero-order valence-corrected chi connectivity index (χ0v) is 13.6. The van der Waals surface area contributed by atoms with Crippen LogP contribution in [0.2, 0.25) is 0 Å². The van der Waals surface area contributed by atoms with Crippen molar-refractivity contribution in [1.29, 1.82) is 0 Å². The molecule has 3 atom stereocenters. The van der Waals surface area contributed by atoms with Crippen LogP contribution in [-0.4, -0.2) is 29.7 Å². The van der Waals surface area contributed by atoms with Gasteiger partial charge < -0.3 is 16.2 Å². The highest BCUT2D eigenvalue weighted by Crippen LogP contribution is 2.20. The first kappa shape index (κ1) is 19.9. The van der Waals surface area contributed by atoms with Crippen LogP contribution in [0.1, 0.15) is 44.6 Å². The van der Waals surface area contributed by atoms with E-state index >= 15 is 0 Å². The first-order valence-electron chi connectivity index (χ1n) is 7.24. The van der Waals surface area contributed by atoms with Crippen molar-refractivity contribution in [3.63, 3.8) is 0 Å². The van der Waals surface area contributed by atoms with E-state index in [4.69, 9.17) is 5.73 Å². The van der Waals surface area contributed by atoms with Gasteiger partial charge in [-0.25, -0.2) is 0 Å². The molecule has 4 nitrogen and oxygen atoms in total. The van der Waals surface area contributed by atoms with Crippen LogP contribution in [0.25, 0.3) is 0 Å². The average molecular weight is 315 g/mol. The fourth-order valence-corrected chi connectivity index (χ4v) is 2.16. The lowest BCUT2D eigenvalue weighted by Gasteiger charge is -2.19. The number of aliphatic hydroxyl groups excluding tert-OH is 1. The summed E-state index contributed by atoms with van der Waals surface area (Å²) >= 11 is 0. The predicted molar refractivity (Wildman–Crippen MR) is 88.6 cm³/mol. The van der Waals surface area contributed by atoms with Gasteiger partial charge >= 0.3 is 0 Å². The van der Waals surface area contributed by atoms with E-state index in [9.17, 15) is 9.90 Å². The van der Waals surface area contributed by atoms with E-state index in [0.29, 0.717) is 25.8 Å². The van der Waals surface area contributed by atoms with Crippen LogP contribution in [-0.2, 0) is 4.79 Å². The second-order valence-corrected chi connectivity index (χ2v) is 5.51. The molecule has 1 rings (SSSR count). The molecule has 1 aromatic rings. The SMILES string of the molecule is CC(N)CCC(=O)NCC(CC(C)O)c1ccccc1.Cl. The van der Waals surface area contributed by atoms with Gasteiger partial charge in [0.25, 0.3) is 0 Å². The molecule has 0 saturated carbocycles. The molecule has 21 heavy (non-hydrogen) atoms. The fraction of sp³-hybridized carbons (Fsp3) is 0.562. The van der Waals surface area contributed by atoms with Gasteiger partial charge in [-0.15, -0.1) is 12.4 Å². The molecule has 0 aliphatic rings. The van der Waals surface area contributed by atoms with Crippen LogP contribution in [0.5, 0.6) is 0 Å². The number of aliphatic hydroxyl groups is 1. The highest BCUT2D eigenvalue weighted by atomic mass is 35.5. The highest BCUT2D eigenvalue weighted by molar-refractivity contribution is 5.85. The van der Waals surface area contributed by atoms with Crippen LogP contribution >= 0.6 is 12.4 Å². The minimum atomic E-state index is -0.388. The molecular weight excluding hydrogens is 288 g/mol. The first-order valence-corrected chi connectivity index (χ1v) is 7.24. The minimum Gasteiger partial charge on any atom is -0.393 e. The zero-order valence-electron chi connectivity index (χ0n) is 12.8. The monoisotopic (exact) mass is 314 g/mol. The number of amides is 1. The molecule has 120 valence electrons.